The Bertz CT molecular complexity index is 274. The van der Waals surface area contributed by atoms with Gasteiger partial charge in [0.1, 0.15) is 6.04 Å². The van der Waals surface area contributed by atoms with Gasteiger partial charge >= 0.3 is 5.97 Å². The molecule has 0 unspecified atom stereocenters. The average Bonchev–Trinajstić information content (AvgIpc) is 2.20. The van der Waals surface area contributed by atoms with Gasteiger partial charge in [-0.2, -0.15) is 0 Å². The van der Waals surface area contributed by atoms with Gasteiger partial charge in [0.25, 0.3) is 0 Å². The summed E-state index contributed by atoms with van der Waals surface area (Å²) in [6, 6.07) is 8.56. The Kier molecular flexibility index (Phi) is 3.42. The van der Waals surface area contributed by atoms with Crippen molar-refractivity contribution < 1.29 is 9.53 Å². The lowest BCUT2D eigenvalue weighted by Crippen LogP contribution is -2.34. The molecule has 1 aromatic carbocycles. The highest BCUT2D eigenvalue weighted by atomic mass is 16.5. The van der Waals surface area contributed by atoms with Crippen molar-refractivity contribution in [2.45, 2.75) is 6.04 Å². The highest BCUT2D eigenvalue weighted by Gasteiger charge is 2.18. The van der Waals surface area contributed by atoms with Gasteiger partial charge in [-0.3, -0.25) is 5.84 Å². The fourth-order valence-electron chi connectivity index (χ4n) is 1.06. The number of hydrazine groups is 1. The molecule has 0 aliphatic carbocycles. The van der Waals surface area contributed by atoms with Crippen LogP contribution >= 0.6 is 0 Å². The molecule has 0 aromatic heterocycles. The predicted octanol–water partition coefficient (Wildman–Crippen LogP) is 0.364. The Morgan fingerprint density at radius 3 is 2.54 bits per heavy atom. The summed E-state index contributed by atoms with van der Waals surface area (Å²) >= 11 is 0. The summed E-state index contributed by atoms with van der Waals surface area (Å²) in [6.45, 7) is 0. The molecule has 0 heterocycles. The van der Waals surface area contributed by atoms with Gasteiger partial charge in [0.2, 0.25) is 0 Å². The van der Waals surface area contributed by atoms with E-state index in [0.29, 0.717) is 0 Å². The zero-order chi connectivity index (χ0) is 9.68. The van der Waals surface area contributed by atoms with E-state index in [1.54, 1.807) is 12.1 Å². The zero-order valence-electron chi connectivity index (χ0n) is 7.36. The van der Waals surface area contributed by atoms with Crippen molar-refractivity contribution in [3.8, 4) is 0 Å². The fraction of sp³-hybridized carbons (Fsp3) is 0.222. The van der Waals surface area contributed by atoms with Gasteiger partial charge in [0.15, 0.2) is 0 Å². The lowest BCUT2D eigenvalue weighted by Gasteiger charge is -2.12. The van der Waals surface area contributed by atoms with Crippen molar-refractivity contribution in [2.24, 2.45) is 5.84 Å². The fourth-order valence-corrected chi connectivity index (χ4v) is 1.06. The molecular weight excluding hydrogens is 168 g/mol. The van der Waals surface area contributed by atoms with E-state index >= 15 is 0 Å². The molecule has 4 nitrogen and oxygen atoms in total. The summed E-state index contributed by atoms with van der Waals surface area (Å²) in [5.41, 5.74) is 3.18. The summed E-state index contributed by atoms with van der Waals surface area (Å²) in [5.74, 6) is 4.84. The standard InChI is InChI=1S/C9H12N2O2/c1-13-9(12)8(11-10)7-5-3-2-4-6-7/h2-6,8,11H,10H2,1H3/t8-/m0/s1. The molecule has 70 valence electrons. The molecule has 13 heavy (non-hydrogen) atoms. The van der Waals surface area contributed by atoms with E-state index < -0.39 is 12.0 Å². The largest absolute Gasteiger partial charge is 0.468 e. The second kappa shape index (κ2) is 4.59. The van der Waals surface area contributed by atoms with E-state index in [1.807, 2.05) is 18.2 Å². The third kappa shape index (κ3) is 2.27. The van der Waals surface area contributed by atoms with Crippen LogP contribution in [0.25, 0.3) is 0 Å². The molecule has 1 aromatic rings. The molecule has 0 fully saturated rings. The van der Waals surface area contributed by atoms with Crippen molar-refractivity contribution >= 4 is 5.97 Å². The maximum absolute atomic E-state index is 11.2. The van der Waals surface area contributed by atoms with Gasteiger partial charge in [-0.05, 0) is 5.56 Å². The molecule has 0 amide bonds. The number of hydrogen-bond acceptors (Lipinski definition) is 4. The van der Waals surface area contributed by atoms with Crippen LogP contribution in [0.5, 0.6) is 0 Å². The van der Waals surface area contributed by atoms with Crippen molar-refractivity contribution in [1.29, 1.82) is 0 Å². The number of esters is 1. The first-order chi connectivity index (χ1) is 6.29. The third-order valence-corrected chi connectivity index (χ3v) is 1.74. The number of nitrogens with one attached hydrogen (secondary N) is 1. The van der Waals surface area contributed by atoms with Crippen LogP contribution in [0.3, 0.4) is 0 Å². The first-order valence-corrected chi connectivity index (χ1v) is 3.88. The van der Waals surface area contributed by atoms with Crippen LogP contribution in [0.2, 0.25) is 0 Å². The van der Waals surface area contributed by atoms with E-state index in [1.165, 1.54) is 7.11 Å². The number of benzene rings is 1. The lowest BCUT2D eigenvalue weighted by molar-refractivity contribution is -0.143. The lowest BCUT2D eigenvalue weighted by atomic mass is 10.1. The Morgan fingerprint density at radius 2 is 2.08 bits per heavy atom. The summed E-state index contributed by atoms with van der Waals surface area (Å²) in [6.07, 6.45) is 0. The van der Waals surface area contributed by atoms with Crippen molar-refractivity contribution in [2.75, 3.05) is 7.11 Å². The van der Waals surface area contributed by atoms with Gasteiger partial charge in [-0.25, -0.2) is 10.2 Å². The third-order valence-electron chi connectivity index (χ3n) is 1.74. The second-order valence-electron chi connectivity index (χ2n) is 2.53. The minimum Gasteiger partial charge on any atom is -0.468 e. The number of methoxy groups -OCH3 is 1. The molecule has 0 bridgehead atoms. The molecule has 0 saturated heterocycles. The minimum atomic E-state index is -0.591. The second-order valence-corrected chi connectivity index (χ2v) is 2.53. The van der Waals surface area contributed by atoms with Crippen LogP contribution in [0.15, 0.2) is 30.3 Å². The van der Waals surface area contributed by atoms with E-state index in [0.717, 1.165) is 5.56 Å². The van der Waals surface area contributed by atoms with Crippen molar-refractivity contribution in [3.63, 3.8) is 0 Å². The molecule has 3 N–H and O–H groups in total. The molecule has 0 aliphatic rings. The van der Waals surface area contributed by atoms with Gasteiger partial charge < -0.3 is 4.74 Å². The Balaban J connectivity index is 2.85. The van der Waals surface area contributed by atoms with E-state index in [-0.39, 0.29) is 0 Å². The first-order valence-electron chi connectivity index (χ1n) is 3.88. The van der Waals surface area contributed by atoms with Gasteiger partial charge in [0, 0.05) is 0 Å². The Morgan fingerprint density at radius 1 is 1.46 bits per heavy atom. The molecule has 0 radical (unpaired) electrons. The van der Waals surface area contributed by atoms with Gasteiger partial charge in [-0.15, -0.1) is 0 Å². The van der Waals surface area contributed by atoms with Crippen molar-refractivity contribution in [1.82, 2.24) is 5.43 Å². The van der Waals surface area contributed by atoms with E-state index in [2.05, 4.69) is 10.2 Å². The maximum Gasteiger partial charge on any atom is 0.328 e. The Hall–Kier alpha value is -1.39. The number of rotatable bonds is 3. The number of hydrogen-bond donors (Lipinski definition) is 2. The first kappa shape index (κ1) is 9.70. The maximum atomic E-state index is 11.2. The molecule has 0 spiro atoms. The van der Waals surface area contributed by atoms with Crippen molar-refractivity contribution in [3.05, 3.63) is 35.9 Å². The van der Waals surface area contributed by atoms with Crippen LogP contribution in [-0.4, -0.2) is 13.1 Å². The molecule has 0 saturated carbocycles. The number of ether oxygens (including phenoxy) is 1. The van der Waals surface area contributed by atoms with E-state index in [9.17, 15) is 4.79 Å². The highest BCUT2D eigenvalue weighted by molar-refractivity contribution is 5.77. The van der Waals surface area contributed by atoms with Crippen LogP contribution < -0.4 is 11.3 Å². The van der Waals surface area contributed by atoms with Crippen LogP contribution in [-0.2, 0) is 9.53 Å². The Labute approximate surface area is 76.7 Å². The topological polar surface area (TPSA) is 64.3 Å². The summed E-state index contributed by atoms with van der Waals surface area (Å²) < 4.78 is 4.58. The summed E-state index contributed by atoms with van der Waals surface area (Å²) in [7, 11) is 1.33. The average molecular weight is 180 g/mol. The zero-order valence-corrected chi connectivity index (χ0v) is 7.36. The minimum absolute atomic E-state index is 0.395. The molecule has 0 aliphatic heterocycles. The molecular formula is C9H12N2O2. The van der Waals surface area contributed by atoms with Crippen LogP contribution in [0, 0.1) is 0 Å². The van der Waals surface area contributed by atoms with Crippen LogP contribution in [0.1, 0.15) is 11.6 Å². The van der Waals surface area contributed by atoms with Crippen LogP contribution in [0.4, 0.5) is 0 Å². The van der Waals surface area contributed by atoms with Gasteiger partial charge in [-0.1, -0.05) is 30.3 Å². The number of carbonyl (C=O) groups is 1. The number of carbonyl (C=O) groups excluding carboxylic acids is 1. The molecule has 4 heteroatoms. The molecule has 1 rings (SSSR count). The normalized spacial score (nSPS) is 12.2. The van der Waals surface area contributed by atoms with E-state index in [4.69, 9.17) is 5.84 Å². The van der Waals surface area contributed by atoms with Gasteiger partial charge in [0.05, 0.1) is 7.11 Å². The molecule has 1 atom stereocenters. The highest BCUT2D eigenvalue weighted by Crippen LogP contribution is 2.12. The number of nitrogens with two attached hydrogens (primary N) is 1. The SMILES string of the molecule is COC(=O)[C@@H](NN)c1ccccc1. The predicted molar refractivity (Wildman–Crippen MR) is 48.5 cm³/mol. The quantitative estimate of drug-likeness (QED) is 0.400. The monoisotopic (exact) mass is 180 g/mol. The summed E-state index contributed by atoms with van der Waals surface area (Å²) in [4.78, 5) is 11.2. The summed E-state index contributed by atoms with van der Waals surface area (Å²) in [5, 5.41) is 0. The smallest absolute Gasteiger partial charge is 0.328 e.